The minimum Gasteiger partial charge on any atom is -0.492 e. The Morgan fingerprint density at radius 2 is 1.31 bits per heavy atom. The Bertz CT molecular complexity index is 1140. The lowest BCUT2D eigenvalue weighted by Crippen LogP contribution is -2.23. The standard InChI is InChI=1S/C29H29N3O.2BrH.H2O/c1-32(23-24-11-5-2-6-12-24)21-22-33-28-19-17-27(18-20-28)31-29(25-13-7-3-8-14-25)30-26-15-9-4-10-16-26;;;/h2-20H,21-23H2,1H3,(H,30,31);2*1H;1H2. The van der Waals surface area contributed by atoms with Gasteiger partial charge in [-0.25, -0.2) is 4.99 Å². The molecule has 0 saturated heterocycles. The Hall–Kier alpha value is -2.97. The normalized spacial score (nSPS) is 10.4. The highest BCUT2D eigenvalue weighted by atomic mass is 79.9. The molecule has 5 nitrogen and oxygen atoms in total. The molecule has 4 aromatic carbocycles. The maximum absolute atomic E-state index is 5.95. The molecular formula is C29H33Br2N3O2. The van der Waals surface area contributed by atoms with E-state index >= 15 is 0 Å². The maximum atomic E-state index is 5.95. The van der Waals surface area contributed by atoms with Crippen molar-refractivity contribution in [2.24, 2.45) is 4.99 Å². The van der Waals surface area contributed by atoms with E-state index in [0.29, 0.717) is 6.61 Å². The van der Waals surface area contributed by atoms with E-state index < -0.39 is 0 Å². The fourth-order valence-electron chi connectivity index (χ4n) is 3.46. The van der Waals surface area contributed by atoms with Crippen LogP contribution in [0.1, 0.15) is 11.1 Å². The van der Waals surface area contributed by atoms with Crippen LogP contribution < -0.4 is 10.1 Å². The number of anilines is 1. The molecule has 0 aliphatic heterocycles. The van der Waals surface area contributed by atoms with Crippen LogP contribution in [0, 0.1) is 0 Å². The van der Waals surface area contributed by atoms with Gasteiger partial charge < -0.3 is 15.5 Å². The zero-order chi connectivity index (χ0) is 22.7. The molecule has 0 fully saturated rings. The summed E-state index contributed by atoms with van der Waals surface area (Å²) in [5.74, 6) is 1.65. The van der Waals surface area contributed by atoms with Gasteiger partial charge in [0.05, 0.1) is 5.69 Å². The average Bonchev–Trinajstić information content (AvgIpc) is 2.86. The molecule has 4 rings (SSSR count). The first-order valence-electron chi connectivity index (χ1n) is 11.2. The molecule has 7 heteroatoms. The lowest BCUT2D eigenvalue weighted by atomic mass is 10.2. The van der Waals surface area contributed by atoms with E-state index in [4.69, 9.17) is 9.73 Å². The van der Waals surface area contributed by atoms with Crippen LogP contribution >= 0.6 is 34.0 Å². The molecule has 0 atom stereocenters. The third kappa shape index (κ3) is 9.95. The Kier molecular flexibility index (Phi) is 14.4. The number of aliphatic imine (C=N–C) groups is 1. The Balaban J connectivity index is 0.00000216. The molecule has 0 spiro atoms. The van der Waals surface area contributed by atoms with Crippen molar-refractivity contribution in [3.8, 4) is 5.75 Å². The SMILES string of the molecule is Br.Br.CN(CCOc1ccc(N=C(Nc2ccccc2)c2ccccc2)cc1)Cc1ccccc1.O. The van der Waals surface area contributed by atoms with Crippen LogP contribution in [0.15, 0.2) is 120 Å². The third-order valence-corrected chi connectivity index (χ3v) is 5.20. The van der Waals surface area contributed by atoms with Gasteiger partial charge in [0.2, 0.25) is 0 Å². The first kappa shape index (κ1) is 31.1. The van der Waals surface area contributed by atoms with Gasteiger partial charge in [-0.1, -0.05) is 78.9 Å². The highest BCUT2D eigenvalue weighted by Crippen LogP contribution is 2.20. The number of hydrogen-bond donors (Lipinski definition) is 1. The minimum absolute atomic E-state index is 0. The summed E-state index contributed by atoms with van der Waals surface area (Å²) in [5, 5.41) is 3.44. The lowest BCUT2D eigenvalue weighted by Gasteiger charge is -2.17. The number of likely N-dealkylation sites (N-methyl/N-ethyl adjacent to an activating group) is 1. The summed E-state index contributed by atoms with van der Waals surface area (Å²) in [6.45, 7) is 2.40. The second-order valence-corrected chi connectivity index (χ2v) is 7.88. The quantitative estimate of drug-likeness (QED) is 0.168. The summed E-state index contributed by atoms with van der Waals surface area (Å²) in [5.41, 5.74) is 4.20. The fourth-order valence-corrected chi connectivity index (χ4v) is 3.46. The van der Waals surface area contributed by atoms with E-state index in [9.17, 15) is 0 Å². The molecule has 0 aromatic heterocycles. The zero-order valence-corrected chi connectivity index (χ0v) is 23.6. The van der Waals surface area contributed by atoms with Crippen LogP contribution in [0.4, 0.5) is 11.4 Å². The molecular weight excluding hydrogens is 582 g/mol. The molecule has 4 aromatic rings. The van der Waals surface area contributed by atoms with Crippen molar-refractivity contribution in [2.45, 2.75) is 6.54 Å². The summed E-state index contributed by atoms with van der Waals surface area (Å²) in [6.07, 6.45) is 0. The van der Waals surface area contributed by atoms with E-state index in [2.05, 4.69) is 53.7 Å². The molecule has 36 heavy (non-hydrogen) atoms. The number of ether oxygens (including phenoxy) is 1. The van der Waals surface area contributed by atoms with Gasteiger partial charge in [0, 0.05) is 24.3 Å². The number of halogens is 2. The van der Waals surface area contributed by atoms with Gasteiger partial charge >= 0.3 is 0 Å². The van der Waals surface area contributed by atoms with E-state index in [1.54, 1.807) is 0 Å². The number of benzene rings is 4. The Labute approximate surface area is 234 Å². The smallest absolute Gasteiger partial charge is 0.138 e. The summed E-state index contributed by atoms with van der Waals surface area (Å²) in [6, 6.07) is 38.6. The van der Waals surface area contributed by atoms with E-state index in [-0.39, 0.29) is 39.4 Å². The molecule has 0 radical (unpaired) electrons. The Morgan fingerprint density at radius 1 is 0.750 bits per heavy atom. The molecule has 0 amide bonds. The predicted octanol–water partition coefficient (Wildman–Crippen LogP) is 6.72. The average molecular weight is 615 g/mol. The highest BCUT2D eigenvalue weighted by molar-refractivity contribution is 8.93. The van der Waals surface area contributed by atoms with Gasteiger partial charge in [-0.3, -0.25) is 4.90 Å². The summed E-state index contributed by atoms with van der Waals surface area (Å²) < 4.78 is 5.95. The van der Waals surface area contributed by atoms with Crippen LogP contribution in [0.25, 0.3) is 0 Å². The summed E-state index contributed by atoms with van der Waals surface area (Å²) in [4.78, 5) is 7.12. The van der Waals surface area contributed by atoms with Gasteiger partial charge in [0.1, 0.15) is 18.2 Å². The second kappa shape index (κ2) is 16.7. The van der Waals surface area contributed by atoms with Crippen molar-refractivity contribution in [3.63, 3.8) is 0 Å². The van der Waals surface area contributed by atoms with Crippen LogP contribution in [-0.2, 0) is 6.54 Å². The number of para-hydroxylation sites is 1. The maximum Gasteiger partial charge on any atom is 0.138 e. The monoisotopic (exact) mass is 613 g/mol. The van der Waals surface area contributed by atoms with Crippen molar-refractivity contribution in [3.05, 3.63) is 126 Å². The Morgan fingerprint density at radius 3 is 1.92 bits per heavy atom. The molecule has 3 N–H and O–H groups in total. The summed E-state index contributed by atoms with van der Waals surface area (Å²) >= 11 is 0. The lowest BCUT2D eigenvalue weighted by molar-refractivity contribution is 0.233. The third-order valence-electron chi connectivity index (χ3n) is 5.20. The van der Waals surface area contributed by atoms with Gasteiger partial charge in [-0.15, -0.1) is 34.0 Å². The van der Waals surface area contributed by atoms with Crippen LogP contribution in [-0.4, -0.2) is 36.4 Å². The molecule has 0 unspecified atom stereocenters. The number of nitrogens with one attached hydrogen (secondary N) is 1. The molecule has 0 bridgehead atoms. The number of hydrogen-bond acceptors (Lipinski definition) is 3. The van der Waals surface area contributed by atoms with Crippen molar-refractivity contribution >= 4 is 51.2 Å². The summed E-state index contributed by atoms with van der Waals surface area (Å²) in [7, 11) is 2.11. The van der Waals surface area contributed by atoms with Crippen molar-refractivity contribution in [1.82, 2.24) is 4.90 Å². The first-order valence-corrected chi connectivity index (χ1v) is 11.2. The fraction of sp³-hybridized carbons (Fsp3) is 0.138. The van der Waals surface area contributed by atoms with E-state index in [1.165, 1.54) is 5.56 Å². The van der Waals surface area contributed by atoms with E-state index in [0.717, 1.165) is 41.6 Å². The zero-order valence-electron chi connectivity index (χ0n) is 20.2. The topological polar surface area (TPSA) is 68.4 Å². The number of nitrogens with zero attached hydrogens (tertiary/aromatic N) is 2. The van der Waals surface area contributed by atoms with Gasteiger partial charge in [0.15, 0.2) is 0 Å². The van der Waals surface area contributed by atoms with Crippen molar-refractivity contribution in [1.29, 1.82) is 0 Å². The van der Waals surface area contributed by atoms with Gasteiger partial charge in [-0.2, -0.15) is 0 Å². The van der Waals surface area contributed by atoms with Gasteiger partial charge in [0.25, 0.3) is 0 Å². The molecule has 190 valence electrons. The van der Waals surface area contributed by atoms with Crippen LogP contribution in [0.3, 0.4) is 0 Å². The predicted molar refractivity (Wildman–Crippen MR) is 162 cm³/mol. The second-order valence-electron chi connectivity index (χ2n) is 7.88. The van der Waals surface area contributed by atoms with Crippen LogP contribution in [0.5, 0.6) is 5.75 Å². The molecule has 0 aliphatic carbocycles. The van der Waals surface area contributed by atoms with Crippen molar-refractivity contribution < 1.29 is 10.2 Å². The molecule has 0 saturated carbocycles. The number of rotatable bonds is 9. The van der Waals surface area contributed by atoms with Crippen molar-refractivity contribution in [2.75, 3.05) is 25.5 Å². The largest absolute Gasteiger partial charge is 0.492 e. The highest BCUT2D eigenvalue weighted by Gasteiger charge is 2.05. The molecule has 0 aliphatic rings. The van der Waals surface area contributed by atoms with Crippen LogP contribution in [0.2, 0.25) is 0 Å². The number of amidine groups is 1. The minimum atomic E-state index is 0. The van der Waals surface area contributed by atoms with Gasteiger partial charge in [-0.05, 0) is 49.0 Å². The first-order chi connectivity index (χ1) is 16.3. The molecule has 0 heterocycles. The van der Waals surface area contributed by atoms with E-state index in [1.807, 2.05) is 78.9 Å².